The minimum Gasteiger partial charge on any atom is -0.467 e. The first-order valence-electron chi connectivity index (χ1n) is 13.0. The van der Waals surface area contributed by atoms with E-state index in [-0.39, 0.29) is 22.6 Å². The van der Waals surface area contributed by atoms with Crippen LogP contribution in [0.4, 0.5) is 0 Å². The second-order valence-electron chi connectivity index (χ2n) is 12.0. The lowest BCUT2D eigenvalue weighted by Crippen LogP contribution is -2.55. The van der Waals surface area contributed by atoms with Crippen molar-refractivity contribution in [3.63, 3.8) is 0 Å². The molecule has 3 N–H and O–H groups in total. The number of rotatable bonds is 7. The predicted octanol–water partition coefficient (Wildman–Crippen LogP) is 3.61. The second kappa shape index (κ2) is 9.65. The summed E-state index contributed by atoms with van der Waals surface area (Å²) in [5.41, 5.74) is -0.563. The summed E-state index contributed by atoms with van der Waals surface area (Å²) >= 11 is 0. The van der Waals surface area contributed by atoms with Crippen LogP contribution in [-0.2, 0) is 16.1 Å². The first-order chi connectivity index (χ1) is 16.0. The molecule has 2 heterocycles. The highest BCUT2D eigenvalue weighted by Crippen LogP contribution is 2.64. The summed E-state index contributed by atoms with van der Waals surface area (Å²) in [4.78, 5) is 26.5. The number of nitrogens with one attached hydrogen (secondary N) is 2. The summed E-state index contributed by atoms with van der Waals surface area (Å²) in [5.74, 6) is 1.33. The molecule has 1 aromatic rings. The number of amides is 2. The Hall–Kier alpha value is -1.86. The van der Waals surface area contributed by atoms with Gasteiger partial charge in [-0.3, -0.25) is 9.59 Å². The van der Waals surface area contributed by atoms with E-state index in [1.807, 2.05) is 24.0 Å². The Morgan fingerprint density at radius 2 is 1.91 bits per heavy atom. The third kappa shape index (κ3) is 5.35. The van der Waals surface area contributed by atoms with Gasteiger partial charge in [-0.25, -0.2) is 0 Å². The lowest BCUT2D eigenvalue weighted by molar-refractivity contribution is -0.130. The molecular weight excluding hydrogens is 430 g/mol. The summed E-state index contributed by atoms with van der Waals surface area (Å²) in [7, 11) is 0. The number of piperidine rings is 1. The van der Waals surface area contributed by atoms with Gasteiger partial charge < -0.3 is 25.1 Å². The second-order valence-corrected chi connectivity index (χ2v) is 12.0. The lowest BCUT2D eigenvalue weighted by atomic mass is 9.57. The lowest BCUT2D eigenvalue weighted by Gasteiger charge is -2.51. The average Bonchev–Trinajstić information content (AvgIpc) is 3.36. The molecule has 34 heavy (non-hydrogen) atoms. The normalized spacial score (nSPS) is 33.5. The number of aliphatic hydroxyl groups is 1. The molecule has 7 heteroatoms. The van der Waals surface area contributed by atoms with Crippen molar-refractivity contribution in [2.45, 2.75) is 103 Å². The zero-order chi connectivity index (χ0) is 24.6. The van der Waals surface area contributed by atoms with E-state index < -0.39 is 5.60 Å². The van der Waals surface area contributed by atoms with Crippen LogP contribution in [-0.4, -0.2) is 52.6 Å². The zero-order valence-electron chi connectivity index (χ0n) is 21.4. The highest BCUT2D eigenvalue weighted by molar-refractivity contribution is 5.75. The number of nitrogens with zero attached hydrogens (tertiary/aromatic N) is 1. The number of fused-ring (bicyclic) bond motifs is 1. The number of hydrogen-bond donors (Lipinski definition) is 3. The summed E-state index contributed by atoms with van der Waals surface area (Å²) in [5, 5.41) is 18.0. The van der Waals surface area contributed by atoms with Gasteiger partial charge >= 0.3 is 0 Å². The van der Waals surface area contributed by atoms with E-state index in [1.165, 1.54) is 0 Å². The van der Waals surface area contributed by atoms with Crippen LogP contribution in [0.5, 0.6) is 0 Å². The van der Waals surface area contributed by atoms with Gasteiger partial charge in [0, 0.05) is 38.5 Å². The van der Waals surface area contributed by atoms with Crippen LogP contribution in [0, 0.1) is 16.7 Å². The highest BCUT2D eigenvalue weighted by atomic mass is 16.3. The van der Waals surface area contributed by atoms with Crippen molar-refractivity contribution in [1.29, 1.82) is 0 Å². The van der Waals surface area contributed by atoms with Crippen LogP contribution in [0.15, 0.2) is 22.8 Å². The first kappa shape index (κ1) is 25.2. The molecule has 2 amide bonds. The van der Waals surface area contributed by atoms with E-state index in [1.54, 1.807) is 13.2 Å². The van der Waals surface area contributed by atoms with E-state index in [0.717, 1.165) is 63.8 Å². The maximum Gasteiger partial charge on any atom is 0.220 e. The van der Waals surface area contributed by atoms with Gasteiger partial charge in [-0.1, -0.05) is 13.8 Å². The van der Waals surface area contributed by atoms with Crippen LogP contribution in [0.3, 0.4) is 0 Å². The SMILES string of the molecule is CC(=O)N1CCC(N[C@H]2CC(C)(C)[C@@H]3C[C@@](C)(O)CC[C@]23CCC(=O)NCc2ccco2)CC1. The van der Waals surface area contributed by atoms with Gasteiger partial charge in [0.05, 0.1) is 18.4 Å². The Balaban J connectivity index is 1.46. The Kier molecular flexibility index (Phi) is 7.16. The van der Waals surface area contributed by atoms with Gasteiger partial charge in [-0.05, 0) is 80.8 Å². The standard InChI is InChI=1S/C27H43N3O4/c1-19(31)30-13-8-20(9-14-30)29-23-17-25(2,3)22-16-26(4,33)11-12-27(22,23)10-7-24(32)28-18-21-6-5-15-34-21/h5-6,15,20,22-23,29,33H,7-14,16-18H2,1-4H3,(H,28,32)/t22-,23-,26-,27-/m0/s1. The number of furan rings is 1. The maximum absolute atomic E-state index is 12.8. The molecule has 0 bridgehead atoms. The fourth-order valence-corrected chi connectivity index (χ4v) is 7.14. The van der Waals surface area contributed by atoms with Crippen molar-refractivity contribution in [3.8, 4) is 0 Å². The third-order valence-corrected chi connectivity index (χ3v) is 9.07. The molecule has 7 nitrogen and oxygen atoms in total. The van der Waals surface area contributed by atoms with E-state index in [2.05, 4.69) is 24.5 Å². The molecule has 0 spiro atoms. The molecule has 0 unspecified atom stereocenters. The largest absolute Gasteiger partial charge is 0.467 e. The minimum atomic E-state index is -0.644. The molecule has 4 atom stereocenters. The molecule has 2 saturated carbocycles. The van der Waals surface area contributed by atoms with Gasteiger partial charge in [0.25, 0.3) is 0 Å². The van der Waals surface area contributed by atoms with Crippen LogP contribution < -0.4 is 10.6 Å². The van der Waals surface area contributed by atoms with Crippen LogP contribution in [0.1, 0.15) is 84.8 Å². The summed E-state index contributed by atoms with van der Waals surface area (Å²) < 4.78 is 5.34. The molecule has 3 fully saturated rings. The summed E-state index contributed by atoms with van der Waals surface area (Å²) in [6.45, 7) is 10.3. The minimum absolute atomic E-state index is 0.00846. The molecule has 190 valence electrons. The van der Waals surface area contributed by atoms with Crippen LogP contribution in [0.2, 0.25) is 0 Å². The number of carbonyl (C=O) groups is 2. The molecular formula is C27H43N3O4. The maximum atomic E-state index is 12.8. The smallest absolute Gasteiger partial charge is 0.220 e. The monoisotopic (exact) mass is 473 g/mol. The fourth-order valence-electron chi connectivity index (χ4n) is 7.14. The number of hydrogen-bond acceptors (Lipinski definition) is 5. The molecule has 0 radical (unpaired) electrons. The molecule has 3 aliphatic rings. The van der Waals surface area contributed by atoms with Crippen molar-refractivity contribution >= 4 is 11.8 Å². The fraction of sp³-hybridized carbons (Fsp3) is 0.778. The third-order valence-electron chi connectivity index (χ3n) is 9.07. The molecule has 0 aromatic carbocycles. The van der Waals surface area contributed by atoms with E-state index in [0.29, 0.717) is 31.0 Å². The van der Waals surface area contributed by atoms with Gasteiger partial charge in [0.1, 0.15) is 5.76 Å². The zero-order valence-corrected chi connectivity index (χ0v) is 21.4. The Morgan fingerprint density at radius 1 is 1.18 bits per heavy atom. The Labute approximate surface area is 204 Å². The van der Waals surface area contributed by atoms with E-state index >= 15 is 0 Å². The Morgan fingerprint density at radius 3 is 2.56 bits per heavy atom. The van der Waals surface area contributed by atoms with Crippen LogP contribution in [0.25, 0.3) is 0 Å². The summed E-state index contributed by atoms with van der Waals surface area (Å²) in [6, 6.07) is 4.41. The van der Waals surface area contributed by atoms with Gasteiger partial charge in [0.15, 0.2) is 0 Å². The van der Waals surface area contributed by atoms with E-state index in [9.17, 15) is 14.7 Å². The van der Waals surface area contributed by atoms with Gasteiger partial charge in [-0.15, -0.1) is 0 Å². The first-order valence-corrected chi connectivity index (χ1v) is 13.0. The number of likely N-dealkylation sites (tertiary alicyclic amines) is 1. The van der Waals surface area contributed by atoms with Crippen molar-refractivity contribution in [1.82, 2.24) is 15.5 Å². The van der Waals surface area contributed by atoms with Gasteiger partial charge in [-0.2, -0.15) is 0 Å². The van der Waals surface area contributed by atoms with Crippen molar-refractivity contribution < 1.29 is 19.1 Å². The van der Waals surface area contributed by atoms with Gasteiger partial charge in [0.2, 0.25) is 11.8 Å². The molecule has 1 aromatic heterocycles. The van der Waals surface area contributed by atoms with Crippen molar-refractivity contribution in [2.75, 3.05) is 13.1 Å². The molecule has 4 rings (SSSR count). The summed E-state index contributed by atoms with van der Waals surface area (Å²) in [6.07, 6.45) is 8.41. The Bertz CT molecular complexity index is 857. The topological polar surface area (TPSA) is 94.8 Å². The van der Waals surface area contributed by atoms with E-state index in [4.69, 9.17) is 4.42 Å². The highest BCUT2D eigenvalue weighted by Gasteiger charge is 2.61. The molecule has 2 aliphatic carbocycles. The number of carbonyl (C=O) groups excluding carboxylic acids is 2. The van der Waals surface area contributed by atoms with Crippen LogP contribution >= 0.6 is 0 Å². The van der Waals surface area contributed by atoms with Crippen molar-refractivity contribution in [2.24, 2.45) is 16.7 Å². The quantitative estimate of drug-likeness (QED) is 0.562. The average molecular weight is 474 g/mol. The molecule has 1 saturated heterocycles. The van der Waals surface area contributed by atoms with Crippen molar-refractivity contribution in [3.05, 3.63) is 24.2 Å². The molecule has 1 aliphatic heterocycles. The predicted molar refractivity (Wildman–Crippen MR) is 131 cm³/mol.